The van der Waals surface area contributed by atoms with Gasteiger partial charge in [-0.25, -0.2) is 0 Å². The molecule has 1 saturated heterocycles. The van der Waals surface area contributed by atoms with Crippen LogP contribution in [0.1, 0.15) is 25.1 Å². The van der Waals surface area contributed by atoms with Crippen molar-refractivity contribution in [2.24, 2.45) is 0 Å². The van der Waals surface area contributed by atoms with Crippen LogP contribution in [0.2, 0.25) is 0 Å². The van der Waals surface area contributed by atoms with Gasteiger partial charge < -0.3 is 10.6 Å². The quantitative estimate of drug-likeness (QED) is 0.852. The molecule has 1 aliphatic heterocycles. The summed E-state index contributed by atoms with van der Waals surface area (Å²) in [6, 6.07) is 0. The van der Waals surface area contributed by atoms with E-state index in [4.69, 9.17) is 5.73 Å². The van der Waals surface area contributed by atoms with Gasteiger partial charge in [0.15, 0.2) is 0 Å². The van der Waals surface area contributed by atoms with Crippen LogP contribution in [0.4, 0.5) is 42.6 Å². The van der Waals surface area contributed by atoms with Crippen LogP contribution in [0.5, 0.6) is 0 Å². The summed E-state index contributed by atoms with van der Waals surface area (Å²) in [5.74, 6) is -15.3. The van der Waals surface area contributed by atoms with Crippen molar-refractivity contribution < 1.29 is 30.7 Å². The second kappa shape index (κ2) is 5.64. The lowest BCUT2D eigenvalue weighted by atomic mass is 10.1. The molecule has 1 aliphatic rings. The van der Waals surface area contributed by atoms with Crippen LogP contribution in [0, 0.1) is 0 Å². The smallest absolute Gasteiger partial charge is 0.368 e. The number of halogens is 7. The molecule has 0 aliphatic carbocycles. The highest BCUT2D eigenvalue weighted by atomic mass is 19.4. The van der Waals surface area contributed by atoms with E-state index >= 15 is 0 Å². The Hall–Kier alpha value is -1.88. The molecule has 0 bridgehead atoms. The van der Waals surface area contributed by atoms with Crippen molar-refractivity contribution in [3.8, 4) is 0 Å². The van der Waals surface area contributed by atoms with Crippen LogP contribution in [-0.2, 0) is 5.92 Å². The minimum absolute atomic E-state index is 0.351. The molecule has 0 atom stereocenters. The van der Waals surface area contributed by atoms with E-state index in [2.05, 4.69) is 15.0 Å². The summed E-state index contributed by atoms with van der Waals surface area (Å²) in [5, 5.41) is 0. The molecular formula is C11H12F7N5. The third kappa shape index (κ3) is 3.11. The third-order valence-corrected chi connectivity index (χ3v) is 3.31. The molecule has 23 heavy (non-hydrogen) atoms. The minimum atomic E-state index is -6.47. The van der Waals surface area contributed by atoms with Gasteiger partial charge in [-0.15, -0.1) is 0 Å². The topological polar surface area (TPSA) is 67.9 Å². The van der Waals surface area contributed by atoms with Gasteiger partial charge in [0.25, 0.3) is 0 Å². The number of nitrogens with two attached hydrogens (primary N) is 1. The maximum absolute atomic E-state index is 13.7. The maximum Gasteiger partial charge on any atom is 0.460 e. The summed E-state index contributed by atoms with van der Waals surface area (Å²) in [6.07, 6.45) is -4.25. The Morgan fingerprint density at radius 3 is 1.91 bits per heavy atom. The Balaban J connectivity index is 2.44. The van der Waals surface area contributed by atoms with Gasteiger partial charge in [0.05, 0.1) is 0 Å². The van der Waals surface area contributed by atoms with Crippen LogP contribution in [-0.4, -0.2) is 40.1 Å². The number of piperidine rings is 1. The second-order valence-electron chi connectivity index (χ2n) is 5.01. The summed E-state index contributed by atoms with van der Waals surface area (Å²) in [5.41, 5.74) is 5.17. The van der Waals surface area contributed by atoms with Gasteiger partial charge in [0.1, 0.15) is 0 Å². The fourth-order valence-corrected chi connectivity index (χ4v) is 2.07. The average molecular weight is 347 g/mol. The SMILES string of the molecule is Nc1nc(N2CCCCC2)nc(C(F)(F)C(F)(F)C(F)(F)F)n1. The van der Waals surface area contributed by atoms with Gasteiger partial charge in [0.2, 0.25) is 17.7 Å². The molecule has 2 N–H and O–H groups in total. The first kappa shape index (κ1) is 17.5. The molecule has 130 valence electrons. The van der Waals surface area contributed by atoms with Crippen LogP contribution in [0.3, 0.4) is 0 Å². The van der Waals surface area contributed by atoms with E-state index in [1.165, 1.54) is 4.90 Å². The molecule has 0 saturated carbocycles. The molecule has 0 spiro atoms. The largest absolute Gasteiger partial charge is 0.460 e. The molecule has 0 amide bonds. The van der Waals surface area contributed by atoms with Crippen molar-refractivity contribution in [2.45, 2.75) is 37.3 Å². The molecule has 5 nitrogen and oxygen atoms in total. The van der Waals surface area contributed by atoms with E-state index in [9.17, 15) is 30.7 Å². The zero-order chi connectivity index (χ0) is 17.5. The lowest BCUT2D eigenvalue weighted by Crippen LogP contribution is -2.51. The van der Waals surface area contributed by atoms with Gasteiger partial charge in [-0.1, -0.05) is 0 Å². The molecule has 12 heteroatoms. The summed E-state index contributed by atoms with van der Waals surface area (Å²) in [7, 11) is 0. The van der Waals surface area contributed by atoms with E-state index in [1.807, 2.05) is 0 Å². The summed E-state index contributed by atoms with van der Waals surface area (Å²) < 4.78 is 90.1. The Morgan fingerprint density at radius 2 is 1.39 bits per heavy atom. The standard InChI is InChI=1S/C11H12F7N5/c12-9(13,10(14,15)11(16,17)18)6-20-7(19)22-8(21-6)23-4-2-1-3-5-23/h1-5H2,(H2,19,20,21,22). The number of rotatable bonds is 3. The van der Waals surface area contributed by atoms with Gasteiger partial charge in [-0.3, -0.25) is 0 Å². The fraction of sp³-hybridized carbons (Fsp3) is 0.727. The molecule has 1 fully saturated rings. The summed E-state index contributed by atoms with van der Waals surface area (Å²) in [6.45, 7) is 0.703. The van der Waals surface area contributed by atoms with Gasteiger partial charge in [0, 0.05) is 13.1 Å². The van der Waals surface area contributed by atoms with Crippen molar-refractivity contribution in [3.05, 3.63) is 5.82 Å². The molecule has 2 heterocycles. The Bertz CT molecular complexity index is 568. The molecule has 0 aromatic carbocycles. The number of aromatic nitrogens is 3. The molecular weight excluding hydrogens is 335 g/mol. The predicted octanol–water partition coefficient (Wildman–Crippen LogP) is 2.73. The first-order valence-electron chi connectivity index (χ1n) is 6.56. The Morgan fingerprint density at radius 1 is 0.826 bits per heavy atom. The highest BCUT2D eigenvalue weighted by Gasteiger charge is 2.75. The fourth-order valence-electron chi connectivity index (χ4n) is 2.07. The number of anilines is 2. The maximum atomic E-state index is 13.7. The number of hydrogen-bond acceptors (Lipinski definition) is 5. The molecule has 1 aromatic rings. The average Bonchev–Trinajstić information content (AvgIpc) is 2.46. The third-order valence-electron chi connectivity index (χ3n) is 3.31. The van der Waals surface area contributed by atoms with Gasteiger partial charge in [-0.05, 0) is 19.3 Å². The molecule has 0 unspecified atom stereocenters. The van der Waals surface area contributed by atoms with E-state index in [0.717, 1.165) is 6.42 Å². The van der Waals surface area contributed by atoms with Crippen LogP contribution >= 0.6 is 0 Å². The number of hydrogen-bond donors (Lipinski definition) is 1. The van der Waals surface area contributed by atoms with Crippen LogP contribution in [0.25, 0.3) is 0 Å². The zero-order valence-electron chi connectivity index (χ0n) is 11.5. The number of nitrogen functional groups attached to an aromatic ring is 1. The molecule has 0 radical (unpaired) electrons. The van der Waals surface area contributed by atoms with Crippen molar-refractivity contribution >= 4 is 11.9 Å². The van der Waals surface area contributed by atoms with Crippen molar-refractivity contribution in [3.63, 3.8) is 0 Å². The summed E-state index contributed by atoms with van der Waals surface area (Å²) in [4.78, 5) is 10.8. The van der Waals surface area contributed by atoms with E-state index in [1.54, 1.807) is 0 Å². The van der Waals surface area contributed by atoms with Gasteiger partial charge >= 0.3 is 18.0 Å². The van der Waals surface area contributed by atoms with Crippen molar-refractivity contribution in [2.75, 3.05) is 23.7 Å². The highest BCUT2D eigenvalue weighted by molar-refractivity contribution is 5.36. The normalized spacial score (nSPS) is 17.4. The first-order chi connectivity index (χ1) is 10.5. The Kier molecular flexibility index (Phi) is 4.28. The van der Waals surface area contributed by atoms with Crippen LogP contribution in [0.15, 0.2) is 0 Å². The summed E-state index contributed by atoms with van der Waals surface area (Å²) >= 11 is 0. The lowest BCUT2D eigenvalue weighted by molar-refractivity contribution is -0.361. The van der Waals surface area contributed by atoms with Crippen molar-refractivity contribution in [1.29, 1.82) is 0 Å². The molecule has 1 aromatic heterocycles. The van der Waals surface area contributed by atoms with E-state index < -0.39 is 35.7 Å². The number of nitrogens with zero attached hydrogens (tertiary/aromatic N) is 4. The zero-order valence-corrected chi connectivity index (χ0v) is 11.5. The first-order valence-corrected chi connectivity index (χ1v) is 6.56. The van der Waals surface area contributed by atoms with E-state index in [0.29, 0.717) is 25.9 Å². The lowest BCUT2D eigenvalue weighted by Gasteiger charge is -2.29. The monoisotopic (exact) mass is 347 g/mol. The van der Waals surface area contributed by atoms with E-state index in [-0.39, 0.29) is 0 Å². The minimum Gasteiger partial charge on any atom is -0.368 e. The highest BCUT2D eigenvalue weighted by Crippen LogP contribution is 2.51. The Labute approximate surface area is 125 Å². The molecule has 2 rings (SSSR count). The number of alkyl halides is 7. The van der Waals surface area contributed by atoms with Crippen molar-refractivity contribution in [1.82, 2.24) is 15.0 Å². The van der Waals surface area contributed by atoms with Crippen LogP contribution < -0.4 is 10.6 Å². The second-order valence-corrected chi connectivity index (χ2v) is 5.01. The predicted molar refractivity (Wildman–Crippen MR) is 65.2 cm³/mol. The van der Waals surface area contributed by atoms with Gasteiger partial charge in [-0.2, -0.15) is 45.7 Å².